The lowest BCUT2D eigenvalue weighted by Crippen LogP contribution is -1.73. The number of benzene rings is 3. The Balaban J connectivity index is 0.000000208. The second-order valence-corrected chi connectivity index (χ2v) is 5.25. The molecule has 0 aliphatic rings. The maximum absolute atomic E-state index is 9.67. The van der Waals surface area contributed by atoms with E-state index in [4.69, 9.17) is 0 Å². The summed E-state index contributed by atoms with van der Waals surface area (Å²) in [5.41, 5.74) is 3.78. The van der Waals surface area contributed by atoms with Crippen molar-refractivity contribution in [1.82, 2.24) is 0 Å². The Morgan fingerprint density at radius 2 is 0.958 bits per heavy atom. The number of halogens is 3. The van der Waals surface area contributed by atoms with Crippen LogP contribution in [0.3, 0.4) is 0 Å². The highest BCUT2D eigenvalue weighted by atomic mass is 32.1. The second-order valence-electron chi connectivity index (χ2n) is 4.77. The quantitative estimate of drug-likeness (QED) is 0.459. The Hall–Kier alpha value is -2.20. The van der Waals surface area contributed by atoms with E-state index in [0.717, 1.165) is 4.90 Å². The van der Waals surface area contributed by atoms with Gasteiger partial charge >= 0.3 is 6.68 Å². The number of rotatable bonds is 1. The molecular weight excluding hydrogens is 329 g/mol. The van der Waals surface area contributed by atoms with Crippen LogP contribution in [0.1, 0.15) is 5.56 Å². The van der Waals surface area contributed by atoms with Gasteiger partial charge in [0.1, 0.15) is 0 Å². The molecule has 3 aromatic rings. The fraction of sp³-hybridized carbons (Fsp3) is 0.100. The SMILES string of the molecule is Cc1ccccc1S.FC(F)F.c1ccc(-c2ccccc2)cc1. The molecule has 0 aliphatic heterocycles. The molecule has 0 unspecified atom stereocenters. The first-order chi connectivity index (χ1) is 11.5. The zero-order valence-electron chi connectivity index (χ0n) is 13.2. The molecule has 0 fully saturated rings. The van der Waals surface area contributed by atoms with Crippen molar-refractivity contribution in [2.45, 2.75) is 18.5 Å². The van der Waals surface area contributed by atoms with Crippen molar-refractivity contribution in [2.75, 3.05) is 0 Å². The molecule has 126 valence electrons. The van der Waals surface area contributed by atoms with E-state index in [1.54, 1.807) is 0 Å². The molecule has 0 amide bonds. The van der Waals surface area contributed by atoms with E-state index in [1.165, 1.54) is 16.7 Å². The lowest BCUT2D eigenvalue weighted by molar-refractivity contribution is 0.00819. The molecule has 24 heavy (non-hydrogen) atoms. The highest BCUT2D eigenvalue weighted by Crippen LogP contribution is 2.17. The first-order valence-electron chi connectivity index (χ1n) is 7.28. The van der Waals surface area contributed by atoms with Gasteiger partial charge in [0.05, 0.1) is 0 Å². The Kier molecular flexibility index (Phi) is 9.39. The molecule has 0 aromatic heterocycles. The van der Waals surface area contributed by atoms with E-state index in [9.17, 15) is 13.2 Å². The minimum atomic E-state index is -3.67. The monoisotopic (exact) mass is 348 g/mol. The van der Waals surface area contributed by atoms with Crippen molar-refractivity contribution in [1.29, 1.82) is 0 Å². The molecule has 3 aromatic carbocycles. The number of aryl methyl sites for hydroxylation is 1. The topological polar surface area (TPSA) is 0 Å². The standard InChI is InChI=1S/C12H10.C7H8S.CHF3/c1-3-7-11(8-4-1)12-9-5-2-6-10-12;1-6-4-2-3-5-7(6)8;2-1(3)4/h1-10H;2-5,8H,1H3;1H. The van der Waals surface area contributed by atoms with Crippen molar-refractivity contribution in [2.24, 2.45) is 0 Å². The predicted octanol–water partition coefficient (Wildman–Crippen LogP) is 6.82. The van der Waals surface area contributed by atoms with Crippen molar-refractivity contribution in [3.05, 3.63) is 90.5 Å². The van der Waals surface area contributed by atoms with Crippen LogP contribution in [-0.4, -0.2) is 6.68 Å². The van der Waals surface area contributed by atoms with Gasteiger partial charge in [0.2, 0.25) is 0 Å². The fourth-order valence-electron chi connectivity index (χ4n) is 1.82. The third-order valence-electron chi connectivity index (χ3n) is 3.00. The number of hydrogen-bond acceptors (Lipinski definition) is 1. The van der Waals surface area contributed by atoms with Crippen LogP contribution >= 0.6 is 12.6 Å². The van der Waals surface area contributed by atoms with Crippen LogP contribution in [-0.2, 0) is 0 Å². The molecule has 0 N–H and O–H groups in total. The predicted molar refractivity (Wildman–Crippen MR) is 97.4 cm³/mol. The van der Waals surface area contributed by atoms with Crippen LogP contribution in [0, 0.1) is 6.92 Å². The molecule has 0 radical (unpaired) electrons. The van der Waals surface area contributed by atoms with Crippen LogP contribution in [0.15, 0.2) is 89.8 Å². The van der Waals surface area contributed by atoms with E-state index in [0.29, 0.717) is 0 Å². The van der Waals surface area contributed by atoms with Crippen molar-refractivity contribution in [3.8, 4) is 11.1 Å². The molecule has 3 rings (SSSR count). The summed E-state index contributed by atoms with van der Waals surface area (Å²) in [4.78, 5) is 1.06. The molecule has 0 bridgehead atoms. The summed E-state index contributed by atoms with van der Waals surface area (Å²) in [6.45, 7) is -1.62. The third kappa shape index (κ3) is 8.44. The molecule has 0 atom stereocenters. The largest absolute Gasteiger partial charge is 0.379 e. The number of hydrogen-bond donors (Lipinski definition) is 1. The van der Waals surface area contributed by atoms with Crippen molar-refractivity contribution < 1.29 is 13.2 Å². The zero-order valence-corrected chi connectivity index (χ0v) is 14.1. The second kappa shape index (κ2) is 11.4. The maximum atomic E-state index is 9.67. The Bertz CT molecular complexity index is 624. The summed E-state index contributed by atoms with van der Waals surface area (Å²) in [7, 11) is 0. The van der Waals surface area contributed by atoms with Gasteiger partial charge in [-0.25, -0.2) is 0 Å². The summed E-state index contributed by atoms with van der Waals surface area (Å²) in [5.74, 6) is 0. The molecular formula is C20H19F3S. The van der Waals surface area contributed by atoms with Gasteiger partial charge in [-0.3, -0.25) is 0 Å². The van der Waals surface area contributed by atoms with Crippen molar-refractivity contribution >= 4 is 12.6 Å². The molecule has 0 spiro atoms. The number of alkyl halides is 3. The molecule has 0 nitrogen and oxygen atoms in total. The average Bonchev–Trinajstić information content (AvgIpc) is 2.59. The van der Waals surface area contributed by atoms with Crippen LogP contribution in [0.2, 0.25) is 0 Å². The first kappa shape index (κ1) is 19.8. The fourth-order valence-corrected chi connectivity index (χ4v) is 1.99. The maximum Gasteiger partial charge on any atom is 0.379 e. The minimum absolute atomic E-state index is 1.06. The highest BCUT2D eigenvalue weighted by Gasteiger charge is 1.91. The van der Waals surface area contributed by atoms with E-state index < -0.39 is 6.68 Å². The van der Waals surface area contributed by atoms with Crippen molar-refractivity contribution in [3.63, 3.8) is 0 Å². The van der Waals surface area contributed by atoms with E-state index in [1.807, 2.05) is 43.3 Å². The van der Waals surface area contributed by atoms with Crippen LogP contribution in [0.4, 0.5) is 13.2 Å². The van der Waals surface area contributed by atoms with Gasteiger partial charge in [-0.1, -0.05) is 78.9 Å². The third-order valence-corrected chi connectivity index (χ3v) is 3.50. The van der Waals surface area contributed by atoms with E-state index in [-0.39, 0.29) is 0 Å². The summed E-state index contributed by atoms with van der Waals surface area (Å²) >= 11 is 4.20. The summed E-state index contributed by atoms with van der Waals surface area (Å²) in [5, 5.41) is 0. The molecule has 0 saturated heterocycles. The van der Waals surface area contributed by atoms with Gasteiger partial charge < -0.3 is 0 Å². The summed E-state index contributed by atoms with van der Waals surface area (Å²) in [6.07, 6.45) is 0. The Morgan fingerprint density at radius 3 is 1.25 bits per heavy atom. The Morgan fingerprint density at radius 1 is 0.625 bits per heavy atom. The lowest BCUT2D eigenvalue weighted by atomic mass is 10.1. The van der Waals surface area contributed by atoms with Gasteiger partial charge in [0, 0.05) is 4.90 Å². The van der Waals surface area contributed by atoms with Gasteiger partial charge in [-0.05, 0) is 29.7 Å². The normalized spacial score (nSPS) is 9.42. The molecule has 4 heteroatoms. The van der Waals surface area contributed by atoms with Crippen LogP contribution in [0.25, 0.3) is 11.1 Å². The minimum Gasteiger partial charge on any atom is -0.174 e. The van der Waals surface area contributed by atoms with Gasteiger partial charge in [0.25, 0.3) is 0 Å². The molecule has 0 aliphatic carbocycles. The van der Waals surface area contributed by atoms with Gasteiger partial charge in [0.15, 0.2) is 0 Å². The summed E-state index contributed by atoms with van der Waals surface area (Å²) in [6, 6.07) is 28.8. The number of thiol groups is 1. The van der Waals surface area contributed by atoms with Crippen LogP contribution < -0.4 is 0 Å². The van der Waals surface area contributed by atoms with E-state index in [2.05, 4.69) is 61.2 Å². The average molecular weight is 348 g/mol. The van der Waals surface area contributed by atoms with Gasteiger partial charge in [-0.2, -0.15) is 13.2 Å². The highest BCUT2D eigenvalue weighted by molar-refractivity contribution is 7.80. The molecule has 0 heterocycles. The van der Waals surface area contributed by atoms with E-state index >= 15 is 0 Å². The lowest BCUT2D eigenvalue weighted by Gasteiger charge is -1.98. The summed E-state index contributed by atoms with van der Waals surface area (Å²) < 4.78 is 29.0. The molecule has 0 saturated carbocycles. The zero-order chi connectivity index (χ0) is 17.8. The van der Waals surface area contributed by atoms with Gasteiger partial charge in [-0.15, -0.1) is 12.6 Å². The smallest absolute Gasteiger partial charge is 0.174 e. The first-order valence-corrected chi connectivity index (χ1v) is 7.72. The van der Waals surface area contributed by atoms with Crippen LogP contribution in [0.5, 0.6) is 0 Å². The Labute approximate surface area is 146 Å².